The van der Waals surface area contributed by atoms with Crippen LogP contribution >= 0.6 is 0 Å². The number of carbonyl (C=O) groups is 2. The van der Waals surface area contributed by atoms with Crippen molar-refractivity contribution in [2.45, 2.75) is 44.6 Å². The van der Waals surface area contributed by atoms with Crippen molar-refractivity contribution in [2.24, 2.45) is 5.92 Å². The van der Waals surface area contributed by atoms with Crippen LogP contribution in [0.15, 0.2) is 36.7 Å². The summed E-state index contributed by atoms with van der Waals surface area (Å²) in [5.74, 6) is -0.305. The van der Waals surface area contributed by atoms with Gasteiger partial charge in [0.25, 0.3) is 5.91 Å². The maximum absolute atomic E-state index is 15.3. The summed E-state index contributed by atoms with van der Waals surface area (Å²) in [5.41, 5.74) is 4.24. The highest BCUT2D eigenvalue weighted by Crippen LogP contribution is 2.43. The average Bonchev–Trinajstić information content (AvgIpc) is 3.41. The molecular weight excluding hydrogens is 447 g/mol. The molecule has 2 aliphatic heterocycles. The van der Waals surface area contributed by atoms with Crippen LogP contribution in [0.5, 0.6) is 0 Å². The van der Waals surface area contributed by atoms with Crippen LogP contribution in [0.4, 0.5) is 10.1 Å². The van der Waals surface area contributed by atoms with E-state index in [4.69, 9.17) is 9.72 Å². The van der Waals surface area contributed by atoms with Gasteiger partial charge in [-0.3, -0.25) is 9.59 Å². The number of likely N-dealkylation sites (tertiary alicyclic amines) is 1. The van der Waals surface area contributed by atoms with Crippen LogP contribution in [-0.4, -0.2) is 58.9 Å². The van der Waals surface area contributed by atoms with Crippen LogP contribution in [-0.2, 0) is 9.53 Å². The zero-order valence-electron chi connectivity index (χ0n) is 20.0. The number of hydrogen-bond acceptors (Lipinski definition) is 5. The van der Waals surface area contributed by atoms with E-state index in [1.165, 1.54) is 13.2 Å². The number of carbonyl (C=O) groups excluding carboxylic acids is 2. The quantitative estimate of drug-likeness (QED) is 0.515. The van der Waals surface area contributed by atoms with E-state index in [9.17, 15) is 9.59 Å². The molecule has 1 saturated carbocycles. The van der Waals surface area contributed by atoms with Crippen molar-refractivity contribution in [3.05, 3.63) is 53.6 Å². The van der Waals surface area contributed by atoms with E-state index >= 15 is 4.39 Å². The first kappa shape index (κ1) is 22.1. The number of ether oxygens (including phenoxy) is 1. The van der Waals surface area contributed by atoms with E-state index < -0.39 is 0 Å². The van der Waals surface area contributed by atoms with Crippen LogP contribution in [0.1, 0.15) is 54.4 Å². The van der Waals surface area contributed by atoms with E-state index in [1.807, 2.05) is 38.7 Å². The van der Waals surface area contributed by atoms with E-state index in [0.29, 0.717) is 42.2 Å². The Kier molecular flexibility index (Phi) is 5.27. The summed E-state index contributed by atoms with van der Waals surface area (Å²) in [6.07, 6.45) is 7.55. The summed E-state index contributed by atoms with van der Waals surface area (Å²) >= 11 is 0. The first-order valence-electron chi connectivity index (χ1n) is 12.4. The minimum Gasteiger partial charge on any atom is -0.469 e. The van der Waals surface area contributed by atoms with Gasteiger partial charge >= 0.3 is 5.97 Å². The van der Waals surface area contributed by atoms with Gasteiger partial charge in [0.2, 0.25) is 0 Å². The third-order valence-electron chi connectivity index (χ3n) is 7.74. The lowest BCUT2D eigenvalue weighted by Crippen LogP contribution is -2.49. The molecule has 3 fully saturated rings. The summed E-state index contributed by atoms with van der Waals surface area (Å²) in [6, 6.07) is 7.40. The van der Waals surface area contributed by atoms with Gasteiger partial charge in [0.05, 0.1) is 24.3 Å². The van der Waals surface area contributed by atoms with Gasteiger partial charge in [0.1, 0.15) is 11.5 Å². The van der Waals surface area contributed by atoms with Gasteiger partial charge in [-0.25, -0.2) is 9.37 Å². The number of nitrogens with zero attached hydrogens (tertiary/aromatic N) is 4. The van der Waals surface area contributed by atoms with Gasteiger partial charge in [-0.15, -0.1) is 0 Å². The number of imidazole rings is 1. The molecule has 3 aromatic rings. The second-order valence-electron chi connectivity index (χ2n) is 10.1. The molecular formula is C27H29FN4O3. The Hall–Kier alpha value is -3.42. The maximum Gasteiger partial charge on any atom is 0.310 e. The number of fused-ring (bicyclic) bond motifs is 1. The molecule has 3 aliphatic rings. The second-order valence-corrected chi connectivity index (χ2v) is 10.1. The molecule has 1 aliphatic carbocycles. The second kappa shape index (κ2) is 8.36. The van der Waals surface area contributed by atoms with E-state index in [0.717, 1.165) is 42.7 Å². The van der Waals surface area contributed by atoms with Crippen LogP contribution in [0.25, 0.3) is 16.9 Å². The van der Waals surface area contributed by atoms with Gasteiger partial charge < -0.3 is 18.9 Å². The van der Waals surface area contributed by atoms with Crippen molar-refractivity contribution in [1.82, 2.24) is 14.3 Å². The molecule has 35 heavy (non-hydrogen) atoms. The van der Waals surface area contributed by atoms with Crippen LogP contribution in [0, 0.1) is 11.7 Å². The number of hydrogen-bond donors (Lipinski definition) is 0. The Morgan fingerprint density at radius 2 is 1.91 bits per heavy atom. The molecule has 8 heteroatoms. The number of aromatic nitrogens is 2. The lowest BCUT2D eigenvalue weighted by molar-refractivity contribution is -0.144. The number of esters is 1. The molecule has 0 radical (unpaired) electrons. The topological polar surface area (TPSA) is 67.2 Å². The average molecular weight is 477 g/mol. The fourth-order valence-electron chi connectivity index (χ4n) is 5.31. The van der Waals surface area contributed by atoms with Crippen molar-refractivity contribution in [3.8, 4) is 11.3 Å². The third kappa shape index (κ3) is 3.85. The molecule has 7 nitrogen and oxygen atoms in total. The Balaban J connectivity index is 1.31. The zero-order valence-corrected chi connectivity index (χ0v) is 20.0. The Bertz CT molecular complexity index is 1330. The molecule has 4 heterocycles. The predicted molar refractivity (Wildman–Crippen MR) is 130 cm³/mol. The Morgan fingerprint density at radius 1 is 1.09 bits per heavy atom. The standard InChI is InChI=1S/C27H29FN4O3/c1-16-7-10-32(16)26(33)19-11-22(17-3-4-17)25-29-24(15-31(25)14-19)21-6-5-20(12-23(21)28)30-9-8-18(13-30)27(34)35-2/h5-6,11-12,14-18H,3-4,7-10,13H2,1-2H3/t16-,18+/m1/s1. The Labute approximate surface area is 203 Å². The summed E-state index contributed by atoms with van der Waals surface area (Å²) in [7, 11) is 1.40. The minimum absolute atomic E-state index is 0.0502. The molecule has 0 bridgehead atoms. The third-order valence-corrected chi connectivity index (χ3v) is 7.74. The first-order chi connectivity index (χ1) is 16.9. The fraction of sp³-hybridized carbons (Fsp3) is 0.444. The smallest absolute Gasteiger partial charge is 0.310 e. The lowest BCUT2D eigenvalue weighted by atomic mass is 10.0. The maximum atomic E-state index is 15.3. The van der Waals surface area contributed by atoms with Gasteiger partial charge in [-0.05, 0) is 68.4 Å². The summed E-state index contributed by atoms with van der Waals surface area (Å²) in [5, 5.41) is 0. The van der Waals surface area contributed by atoms with E-state index in [1.54, 1.807) is 6.07 Å². The minimum atomic E-state index is -0.355. The van der Waals surface area contributed by atoms with Crippen LogP contribution < -0.4 is 4.90 Å². The first-order valence-corrected chi connectivity index (χ1v) is 12.4. The molecule has 1 aromatic carbocycles. The molecule has 182 valence electrons. The van der Waals surface area contributed by atoms with E-state index in [2.05, 4.69) is 6.92 Å². The molecule has 2 atom stereocenters. The number of pyridine rings is 1. The lowest BCUT2D eigenvalue weighted by Gasteiger charge is -2.38. The van der Waals surface area contributed by atoms with Crippen molar-refractivity contribution in [2.75, 3.05) is 31.6 Å². The van der Waals surface area contributed by atoms with Gasteiger partial charge in [0, 0.05) is 49.3 Å². The molecule has 6 rings (SSSR count). The monoisotopic (exact) mass is 476 g/mol. The molecule has 0 spiro atoms. The highest BCUT2D eigenvalue weighted by Gasteiger charge is 2.33. The SMILES string of the molecule is COC(=O)[C@H]1CCN(c2ccc(-c3cn4cc(C(=O)N5CC[C@H]5C)cc(C5CC5)c4n3)c(F)c2)C1. The Morgan fingerprint density at radius 3 is 2.57 bits per heavy atom. The van der Waals surface area contributed by atoms with Crippen LogP contribution in [0.3, 0.4) is 0 Å². The molecule has 2 aromatic heterocycles. The highest BCUT2D eigenvalue weighted by molar-refractivity contribution is 5.95. The fourth-order valence-corrected chi connectivity index (χ4v) is 5.31. The van der Waals surface area contributed by atoms with E-state index in [-0.39, 0.29) is 29.7 Å². The number of methoxy groups -OCH3 is 1. The normalized spacial score (nSPS) is 21.9. The van der Waals surface area contributed by atoms with Gasteiger partial charge in [-0.2, -0.15) is 0 Å². The number of halogens is 1. The van der Waals surface area contributed by atoms with Crippen LogP contribution in [0.2, 0.25) is 0 Å². The largest absolute Gasteiger partial charge is 0.469 e. The highest BCUT2D eigenvalue weighted by atomic mass is 19.1. The molecule has 0 unspecified atom stereocenters. The predicted octanol–water partition coefficient (Wildman–Crippen LogP) is 4.25. The van der Waals surface area contributed by atoms with Crippen molar-refractivity contribution in [1.29, 1.82) is 0 Å². The number of rotatable bonds is 5. The number of benzene rings is 1. The zero-order chi connectivity index (χ0) is 24.3. The van der Waals surface area contributed by atoms with Crippen molar-refractivity contribution < 1.29 is 18.7 Å². The van der Waals surface area contributed by atoms with Gasteiger partial charge in [0.15, 0.2) is 0 Å². The summed E-state index contributed by atoms with van der Waals surface area (Å²) in [4.78, 5) is 33.6. The molecule has 1 amide bonds. The summed E-state index contributed by atoms with van der Waals surface area (Å²) < 4.78 is 22.0. The summed E-state index contributed by atoms with van der Waals surface area (Å²) in [6.45, 7) is 4.07. The number of anilines is 1. The van der Waals surface area contributed by atoms with Crippen molar-refractivity contribution >= 4 is 23.2 Å². The molecule has 2 saturated heterocycles. The number of amides is 1. The molecule has 0 N–H and O–H groups in total. The van der Waals surface area contributed by atoms with Crippen molar-refractivity contribution in [3.63, 3.8) is 0 Å². The van der Waals surface area contributed by atoms with Gasteiger partial charge in [-0.1, -0.05) is 0 Å².